The second-order valence-corrected chi connectivity index (χ2v) is 1.12. The average Bonchev–Trinajstić information content (AvgIpc) is 1.65. The summed E-state index contributed by atoms with van der Waals surface area (Å²) in [4.78, 5) is 4.15. The van der Waals surface area contributed by atoms with Crippen LogP contribution in [0.1, 0.15) is 0 Å². The Labute approximate surface area is 41.7 Å². The highest BCUT2D eigenvalue weighted by Gasteiger charge is 1.89. The Morgan fingerprint density at radius 1 is 1.71 bits per heavy atom. The highest BCUT2D eigenvalue weighted by atomic mass is 16.9. The molecule has 0 bridgehead atoms. The fourth-order valence-electron chi connectivity index (χ4n) is 0.153. The predicted molar refractivity (Wildman–Crippen MR) is 22.5 cm³/mol. The van der Waals surface area contributed by atoms with Crippen molar-refractivity contribution >= 4 is 0 Å². The maximum atomic E-state index is 10.1. The molecule has 0 aliphatic carbocycles. The highest BCUT2D eigenvalue weighted by Crippen LogP contribution is 1.24. The molecule has 2 atom stereocenters. The van der Waals surface area contributed by atoms with Crippen LogP contribution in [-0.4, -0.2) is 14.2 Å². The predicted octanol–water partition coefficient (Wildman–Crippen LogP) is -2.67. The number of hydrogen-bond acceptors (Lipinski definition) is 2. The lowest BCUT2D eigenvalue weighted by Crippen LogP contribution is -3.53. The molecule has 5 heteroatoms. The van der Waals surface area contributed by atoms with Crippen LogP contribution in [0.15, 0.2) is 0 Å². The summed E-state index contributed by atoms with van der Waals surface area (Å²) in [7, 11) is 2.63. The van der Waals surface area contributed by atoms with Gasteiger partial charge in [0.05, 0.1) is 0 Å². The average molecular weight is 107 g/mol. The topological polar surface area (TPSA) is 65.0 Å². The lowest BCUT2D eigenvalue weighted by molar-refractivity contribution is -1.53. The van der Waals surface area contributed by atoms with Gasteiger partial charge in [-0.3, -0.25) is 0 Å². The standard InChI is InChI=1S/C2H9N3O2/c1-4(3)5(6)7-2/h3-5H,1-2H3. The minimum atomic E-state index is -0.569. The summed E-state index contributed by atoms with van der Waals surface area (Å²) >= 11 is 0. The molecule has 0 aromatic carbocycles. The van der Waals surface area contributed by atoms with E-state index in [1.807, 2.05) is 0 Å². The summed E-state index contributed by atoms with van der Waals surface area (Å²) in [5, 5.41) is 9.43. The van der Waals surface area contributed by atoms with E-state index in [-0.39, 0.29) is 5.12 Å². The largest absolute Gasteiger partial charge is 0.550 e. The Balaban J connectivity index is 3.14. The molecule has 3 N–H and O–H groups in total. The zero-order valence-electron chi connectivity index (χ0n) is 4.32. The molecule has 7 heavy (non-hydrogen) atoms. The molecule has 0 fully saturated rings. The monoisotopic (exact) mass is 107 g/mol. The van der Waals surface area contributed by atoms with Gasteiger partial charge in [-0.05, 0) is 0 Å². The van der Waals surface area contributed by atoms with Gasteiger partial charge in [0, 0.05) is 0 Å². The number of nitrogens with one attached hydrogen (secondary N) is 3. The molecule has 44 valence electrons. The van der Waals surface area contributed by atoms with Crippen LogP contribution >= 0.6 is 0 Å². The van der Waals surface area contributed by atoms with Crippen molar-refractivity contribution in [2.75, 3.05) is 14.2 Å². The molecular weight excluding hydrogens is 98.0 g/mol. The SMILES string of the molecule is CO[NH+]([O-])[NH+](C)[NH-]. The van der Waals surface area contributed by atoms with Gasteiger partial charge in [0.1, 0.15) is 14.2 Å². The molecule has 0 aromatic heterocycles. The smallest absolute Gasteiger partial charge is 0.103 e. The van der Waals surface area contributed by atoms with E-state index in [0.29, 0.717) is 0 Å². The third-order valence-electron chi connectivity index (χ3n) is 0.492. The lowest BCUT2D eigenvalue weighted by Gasteiger charge is -2.24. The Morgan fingerprint density at radius 3 is 2.14 bits per heavy atom. The first-order valence-corrected chi connectivity index (χ1v) is 1.82. The Bertz CT molecular complexity index is 48.2. The summed E-state index contributed by atoms with van der Waals surface area (Å²) in [6, 6.07) is 0. The number of rotatable bonds is 2. The van der Waals surface area contributed by atoms with Crippen LogP contribution in [0.3, 0.4) is 0 Å². The Morgan fingerprint density at radius 2 is 2.14 bits per heavy atom. The van der Waals surface area contributed by atoms with Gasteiger partial charge in [0.2, 0.25) is 0 Å². The number of quaternary nitrogens is 2. The molecular formula is C2H9N3O2. The van der Waals surface area contributed by atoms with Crippen molar-refractivity contribution in [1.29, 1.82) is 0 Å². The fourth-order valence-corrected chi connectivity index (χ4v) is 0.153. The third-order valence-corrected chi connectivity index (χ3v) is 0.492. The second kappa shape index (κ2) is 2.89. The molecule has 0 radical (unpaired) electrons. The van der Waals surface area contributed by atoms with Gasteiger partial charge in [0.25, 0.3) is 0 Å². The van der Waals surface area contributed by atoms with Crippen molar-refractivity contribution in [3.8, 4) is 0 Å². The molecule has 0 aliphatic rings. The third kappa shape index (κ3) is 2.49. The Hall–Kier alpha value is -0.200. The minimum Gasteiger partial charge on any atom is -0.550 e. The molecule has 0 aliphatic heterocycles. The molecule has 0 saturated heterocycles. The first-order valence-electron chi connectivity index (χ1n) is 1.82. The van der Waals surface area contributed by atoms with E-state index < -0.39 is 5.34 Å². The molecule has 0 amide bonds. The fraction of sp³-hybridized carbons (Fsp3) is 1.00. The first-order chi connectivity index (χ1) is 3.18. The van der Waals surface area contributed by atoms with Crippen molar-refractivity contribution in [3.63, 3.8) is 0 Å². The van der Waals surface area contributed by atoms with Gasteiger partial charge in [-0.2, -0.15) is 4.84 Å². The molecule has 0 spiro atoms. The molecule has 0 heterocycles. The van der Waals surface area contributed by atoms with Crippen molar-refractivity contribution in [2.45, 2.75) is 0 Å². The molecule has 0 aromatic rings. The van der Waals surface area contributed by atoms with Crippen molar-refractivity contribution < 1.29 is 15.3 Å². The van der Waals surface area contributed by atoms with Crippen LogP contribution < -0.4 is 10.5 Å². The quantitative estimate of drug-likeness (QED) is 0.378. The summed E-state index contributed by atoms with van der Waals surface area (Å²) in [5.74, 6) is 6.63. The Kier molecular flexibility index (Phi) is 2.81. The normalized spacial score (nSPS) is 18.9. The highest BCUT2D eigenvalue weighted by molar-refractivity contribution is 3.84. The molecule has 0 rings (SSSR count). The van der Waals surface area contributed by atoms with E-state index in [9.17, 15) is 5.21 Å². The van der Waals surface area contributed by atoms with Crippen molar-refractivity contribution in [2.24, 2.45) is 0 Å². The van der Waals surface area contributed by atoms with E-state index >= 15 is 0 Å². The van der Waals surface area contributed by atoms with E-state index in [4.69, 9.17) is 5.84 Å². The summed E-state index contributed by atoms with van der Waals surface area (Å²) in [6.07, 6.45) is 0. The maximum Gasteiger partial charge on any atom is 0.103 e. The molecule has 0 saturated carbocycles. The zero-order chi connectivity index (χ0) is 5.86. The van der Waals surface area contributed by atoms with Gasteiger partial charge in [-0.25, -0.2) is 5.12 Å². The van der Waals surface area contributed by atoms with E-state index in [2.05, 4.69) is 4.84 Å². The van der Waals surface area contributed by atoms with Gasteiger partial charge in [0.15, 0.2) is 0 Å². The van der Waals surface area contributed by atoms with Crippen LogP contribution in [0.5, 0.6) is 0 Å². The minimum absolute atomic E-state index is 0.0671. The maximum absolute atomic E-state index is 10.1. The van der Waals surface area contributed by atoms with Gasteiger partial charge in [-0.15, -0.1) is 0 Å². The number of hydrogen-bond donors (Lipinski definition) is 2. The lowest BCUT2D eigenvalue weighted by atomic mass is 11.4. The zero-order valence-corrected chi connectivity index (χ0v) is 4.32. The van der Waals surface area contributed by atoms with Gasteiger partial charge < -0.3 is 11.0 Å². The van der Waals surface area contributed by atoms with Crippen LogP contribution in [0.4, 0.5) is 0 Å². The van der Waals surface area contributed by atoms with Crippen molar-refractivity contribution in [3.05, 3.63) is 11.0 Å². The molecule has 5 nitrogen and oxygen atoms in total. The van der Waals surface area contributed by atoms with E-state index in [0.717, 1.165) is 0 Å². The van der Waals surface area contributed by atoms with Crippen LogP contribution in [0, 0.1) is 5.21 Å². The first kappa shape index (κ1) is 6.80. The summed E-state index contributed by atoms with van der Waals surface area (Å²) in [6.45, 7) is 0. The second-order valence-electron chi connectivity index (χ2n) is 1.12. The summed E-state index contributed by atoms with van der Waals surface area (Å²) < 4.78 is 0. The van der Waals surface area contributed by atoms with Crippen molar-refractivity contribution in [1.82, 2.24) is 0 Å². The summed E-state index contributed by atoms with van der Waals surface area (Å²) in [5.41, 5.74) is 0. The van der Waals surface area contributed by atoms with Crippen LogP contribution in [0.2, 0.25) is 0 Å². The van der Waals surface area contributed by atoms with Crippen LogP contribution in [-0.2, 0) is 4.84 Å². The van der Waals surface area contributed by atoms with Gasteiger partial charge >= 0.3 is 0 Å². The van der Waals surface area contributed by atoms with E-state index in [1.54, 1.807) is 0 Å². The van der Waals surface area contributed by atoms with Gasteiger partial charge in [-0.1, -0.05) is 5.34 Å². The molecule has 2 unspecified atom stereocenters. The van der Waals surface area contributed by atoms with E-state index in [1.165, 1.54) is 14.2 Å². The van der Waals surface area contributed by atoms with Crippen LogP contribution in [0.25, 0.3) is 5.84 Å².